The smallest absolute Gasteiger partial charge is 0.264 e. The maximum atomic E-state index is 13.6. The zero-order chi connectivity index (χ0) is 16.4. The number of anilines is 1. The molecule has 1 aromatic heterocycles. The second kappa shape index (κ2) is 6.70. The lowest BCUT2D eigenvalue weighted by molar-refractivity contribution is -0.118. The van der Waals surface area contributed by atoms with Gasteiger partial charge in [0.05, 0.1) is 9.72 Å². The number of carbonyl (C=O) groups excluding carboxylic acids is 1. The molecule has 8 heteroatoms. The van der Waals surface area contributed by atoms with Crippen molar-refractivity contribution < 1.29 is 13.9 Å². The Balaban J connectivity index is 1.66. The molecule has 4 nitrogen and oxygen atoms in total. The number of thiazole rings is 1. The third-order valence-corrected chi connectivity index (χ3v) is 4.35. The predicted octanol–water partition coefficient (Wildman–Crippen LogP) is 4.76. The van der Waals surface area contributed by atoms with Gasteiger partial charge in [0.2, 0.25) is 0 Å². The molecule has 0 aliphatic carbocycles. The fourth-order valence-electron chi connectivity index (χ4n) is 1.85. The number of fused-ring (bicyclic) bond motifs is 1. The minimum Gasteiger partial charge on any atom is -0.482 e. The van der Waals surface area contributed by atoms with E-state index >= 15 is 0 Å². The SMILES string of the molecule is O=C(COc1cc(Cl)ccc1Cl)Nc1nc2c(F)cccc2s1. The molecule has 0 saturated carbocycles. The molecule has 0 saturated heterocycles. The van der Waals surface area contributed by atoms with Crippen LogP contribution in [-0.2, 0) is 4.79 Å². The van der Waals surface area contributed by atoms with Gasteiger partial charge in [-0.3, -0.25) is 10.1 Å². The van der Waals surface area contributed by atoms with E-state index in [1.54, 1.807) is 24.3 Å². The van der Waals surface area contributed by atoms with Crippen molar-refractivity contribution in [1.82, 2.24) is 4.98 Å². The number of carbonyl (C=O) groups is 1. The van der Waals surface area contributed by atoms with Gasteiger partial charge in [0.15, 0.2) is 11.7 Å². The number of para-hydroxylation sites is 1. The average molecular weight is 371 g/mol. The van der Waals surface area contributed by atoms with Crippen molar-refractivity contribution in [3.63, 3.8) is 0 Å². The van der Waals surface area contributed by atoms with Gasteiger partial charge in [-0.2, -0.15) is 0 Å². The highest BCUT2D eigenvalue weighted by Crippen LogP contribution is 2.29. The molecule has 0 bridgehead atoms. The average Bonchev–Trinajstić information content (AvgIpc) is 2.92. The van der Waals surface area contributed by atoms with Crippen molar-refractivity contribution in [3.8, 4) is 5.75 Å². The number of rotatable bonds is 4. The van der Waals surface area contributed by atoms with Gasteiger partial charge in [0, 0.05) is 11.1 Å². The van der Waals surface area contributed by atoms with E-state index in [0.717, 1.165) is 0 Å². The van der Waals surface area contributed by atoms with Crippen LogP contribution in [0.4, 0.5) is 9.52 Å². The van der Waals surface area contributed by atoms with Crippen LogP contribution in [0.2, 0.25) is 10.0 Å². The van der Waals surface area contributed by atoms with Gasteiger partial charge in [-0.1, -0.05) is 40.6 Å². The van der Waals surface area contributed by atoms with Crippen molar-refractivity contribution in [2.45, 2.75) is 0 Å². The molecule has 3 aromatic rings. The molecular weight excluding hydrogens is 362 g/mol. The molecule has 0 fully saturated rings. The minimum atomic E-state index is -0.430. The zero-order valence-electron chi connectivity index (χ0n) is 11.5. The Labute approximate surface area is 144 Å². The first-order valence-corrected chi connectivity index (χ1v) is 8.03. The summed E-state index contributed by atoms with van der Waals surface area (Å²) in [6, 6.07) is 9.35. The summed E-state index contributed by atoms with van der Waals surface area (Å²) in [6.07, 6.45) is 0. The number of hydrogen-bond acceptors (Lipinski definition) is 4. The van der Waals surface area contributed by atoms with E-state index < -0.39 is 11.7 Å². The quantitative estimate of drug-likeness (QED) is 0.720. The van der Waals surface area contributed by atoms with Crippen LogP contribution in [0.3, 0.4) is 0 Å². The number of ether oxygens (including phenoxy) is 1. The molecule has 0 radical (unpaired) electrons. The van der Waals surface area contributed by atoms with E-state index in [-0.39, 0.29) is 12.1 Å². The van der Waals surface area contributed by atoms with Gasteiger partial charge in [0.25, 0.3) is 5.91 Å². The summed E-state index contributed by atoms with van der Waals surface area (Å²) in [5.41, 5.74) is 0.228. The molecule has 2 aromatic carbocycles. The molecule has 118 valence electrons. The van der Waals surface area contributed by atoms with Crippen LogP contribution >= 0.6 is 34.5 Å². The molecule has 0 unspecified atom stereocenters. The summed E-state index contributed by atoms with van der Waals surface area (Å²) in [6.45, 7) is -0.265. The van der Waals surface area contributed by atoms with Gasteiger partial charge < -0.3 is 4.74 Å². The molecule has 23 heavy (non-hydrogen) atoms. The maximum absolute atomic E-state index is 13.6. The topological polar surface area (TPSA) is 51.2 Å². The molecule has 0 spiro atoms. The highest BCUT2D eigenvalue weighted by Gasteiger charge is 2.12. The summed E-state index contributed by atoms with van der Waals surface area (Å²) in [4.78, 5) is 16.0. The summed E-state index contributed by atoms with van der Waals surface area (Å²) >= 11 is 13.0. The number of nitrogens with one attached hydrogen (secondary N) is 1. The maximum Gasteiger partial charge on any atom is 0.264 e. The standard InChI is InChI=1S/C15H9Cl2FN2O2S/c16-8-4-5-9(17)11(6-8)22-7-13(21)19-15-20-14-10(18)2-1-3-12(14)23-15/h1-6H,7H2,(H,19,20,21). The second-order valence-corrected chi connectivity index (χ2v) is 6.39. The Bertz CT molecular complexity index is 885. The van der Waals surface area contributed by atoms with Crippen LogP contribution in [0, 0.1) is 5.82 Å². The Morgan fingerprint density at radius 1 is 1.30 bits per heavy atom. The number of benzene rings is 2. The van der Waals surface area contributed by atoms with Gasteiger partial charge >= 0.3 is 0 Å². The highest BCUT2D eigenvalue weighted by molar-refractivity contribution is 7.22. The molecule has 0 atom stereocenters. The van der Waals surface area contributed by atoms with E-state index in [1.807, 2.05) is 0 Å². The summed E-state index contributed by atoms with van der Waals surface area (Å²) in [5, 5.41) is 3.67. The molecule has 3 rings (SSSR count). The third-order valence-electron chi connectivity index (χ3n) is 2.87. The lowest BCUT2D eigenvalue weighted by atomic mass is 10.3. The van der Waals surface area contributed by atoms with Crippen molar-refractivity contribution in [2.24, 2.45) is 0 Å². The first-order chi connectivity index (χ1) is 11.0. The van der Waals surface area contributed by atoms with E-state index in [1.165, 1.54) is 23.5 Å². The molecule has 1 N–H and O–H groups in total. The molecule has 1 amide bonds. The van der Waals surface area contributed by atoms with E-state index in [9.17, 15) is 9.18 Å². The normalized spacial score (nSPS) is 10.7. The molecule has 0 aliphatic heterocycles. The van der Waals surface area contributed by atoms with Crippen LogP contribution in [0.15, 0.2) is 36.4 Å². The minimum absolute atomic E-state index is 0.228. The number of nitrogens with zero attached hydrogens (tertiary/aromatic N) is 1. The van der Waals surface area contributed by atoms with Crippen LogP contribution in [0.1, 0.15) is 0 Å². The Morgan fingerprint density at radius 2 is 2.13 bits per heavy atom. The largest absolute Gasteiger partial charge is 0.482 e. The van der Waals surface area contributed by atoms with Crippen molar-refractivity contribution in [2.75, 3.05) is 11.9 Å². The van der Waals surface area contributed by atoms with E-state index in [2.05, 4.69) is 10.3 Å². The van der Waals surface area contributed by atoms with Crippen LogP contribution in [-0.4, -0.2) is 17.5 Å². The summed E-state index contributed by atoms with van der Waals surface area (Å²) < 4.78 is 19.5. The van der Waals surface area contributed by atoms with E-state index in [0.29, 0.717) is 25.6 Å². The lowest BCUT2D eigenvalue weighted by Gasteiger charge is -2.07. The Kier molecular flexibility index (Phi) is 4.66. The van der Waals surface area contributed by atoms with E-state index in [4.69, 9.17) is 27.9 Å². The van der Waals surface area contributed by atoms with Crippen LogP contribution in [0.5, 0.6) is 5.75 Å². The summed E-state index contributed by atoms with van der Waals surface area (Å²) in [5.74, 6) is -0.550. The first kappa shape index (κ1) is 16.0. The first-order valence-electron chi connectivity index (χ1n) is 6.45. The van der Waals surface area contributed by atoms with Gasteiger partial charge in [-0.25, -0.2) is 9.37 Å². The fraction of sp³-hybridized carbons (Fsp3) is 0.0667. The number of hydrogen-bond donors (Lipinski definition) is 1. The van der Waals surface area contributed by atoms with Gasteiger partial charge in [-0.05, 0) is 24.3 Å². The van der Waals surface area contributed by atoms with Gasteiger partial charge in [-0.15, -0.1) is 0 Å². The van der Waals surface area contributed by atoms with Crippen molar-refractivity contribution in [3.05, 3.63) is 52.3 Å². The molecular formula is C15H9Cl2FN2O2S. The Morgan fingerprint density at radius 3 is 2.91 bits per heavy atom. The molecule has 1 heterocycles. The van der Waals surface area contributed by atoms with Crippen LogP contribution < -0.4 is 10.1 Å². The Hall–Kier alpha value is -1.89. The number of aromatic nitrogens is 1. The fourth-order valence-corrected chi connectivity index (χ4v) is 3.09. The summed E-state index contributed by atoms with van der Waals surface area (Å²) in [7, 11) is 0. The van der Waals surface area contributed by atoms with Crippen molar-refractivity contribution >= 4 is 55.8 Å². The zero-order valence-corrected chi connectivity index (χ0v) is 13.8. The van der Waals surface area contributed by atoms with Crippen molar-refractivity contribution in [1.29, 1.82) is 0 Å². The highest BCUT2D eigenvalue weighted by atomic mass is 35.5. The lowest BCUT2D eigenvalue weighted by Crippen LogP contribution is -2.20. The molecule has 0 aliphatic rings. The second-order valence-electron chi connectivity index (χ2n) is 4.52. The predicted molar refractivity (Wildman–Crippen MR) is 90.2 cm³/mol. The van der Waals surface area contributed by atoms with Gasteiger partial charge in [0.1, 0.15) is 17.1 Å². The monoisotopic (exact) mass is 370 g/mol. The number of amides is 1. The number of halogens is 3. The van der Waals surface area contributed by atoms with Crippen LogP contribution in [0.25, 0.3) is 10.2 Å². The third kappa shape index (κ3) is 3.72.